The summed E-state index contributed by atoms with van der Waals surface area (Å²) < 4.78 is 0. The molecule has 0 amide bonds. The van der Waals surface area contributed by atoms with Crippen molar-refractivity contribution in [2.75, 3.05) is 19.6 Å². The Morgan fingerprint density at radius 3 is 2.47 bits per heavy atom. The van der Waals surface area contributed by atoms with E-state index in [1.54, 1.807) is 11.3 Å². The van der Waals surface area contributed by atoms with Crippen LogP contribution >= 0.6 is 11.3 Å². The molecule has 1 fully saturated rings. The minimum Gasteiger partial charge on any atom is -0.389 e. The van der Waals surface area contributed by atoms with Gasteiger partial charge in [0, 0.05) is 24.4 Å². The van der Waals surface area contributed by atoms with Gasteiger partial charge in [0.05, 0.1) is 16.3 Å². The van der Waals surface area contributed by atoms with Gasteiger partial charge in [-0.15, -0.1) is 11.3 Å². The number of nitrogens with zero attached hydrogens (tertiary/aromatic N) is 2. The van der Waals surface area contributed by atoms with Crippen molar-refractivity contribution in [1.82, 2.24) is 9.88 Å². The van der Waals surface area contributed by atoms with Crippen molar-refractivity contribution in [3.63, 3.8) is 0 Å². The monoisotopic (exact) mass is 254 g/mol. The lowest BCUT2D eigenvalue weighted by atomic mass is 9.88. The van der Waals surface area contributed by atoms with Gasteiger partial charge in [-0.05, 0) is 33.2 Å². The van der Waals surface area contributed by atoms with Gasteiger partial charge in [0.2, 0.25) is 0 Å². The number of aliphatic hydroxyl groups is 1. The Kier molecular flexibility index (Phi) is 3.85. The van der Waals surface area contributed by atoms with E-state index in [0.29, 0.717) is 0 Å². The summed E-state index contributed by atoms with van der Waals surface area (Å²) in [5, 5.41) is 11.7. The van der Waals surface area contributed by atoms with Gasteiger partial charge in [0.25, 0.3) is 0 Å². The largest absolute Gasteiger partial charge is 0.389 e. The fraction of sp³-hybridized carbons (Fsp3) is 0.769. The SMILES string of the molecule is CCN1CCC(O)(Cc2nc(C)c(C)s2)CC1. The van der Waals surface area contributed by atoms with Crippen LogP contribution in [0.5, 0.6) is 0 Å². The maximum absolute atomic E-state index is 10.6. The molecule has 3 nitrogen and oxygen atoms in total. The van der Waals surface area contributed by atoms with Crippen molar-refractivity contribution in [2.45, 2.75) is 45.6 Å². The van der Waals surface area contributed by atoms with Crippen molar-refractivity contribution < 1.29 is 5.11 Å². The number of hydrogen-bond acceptors (Lipinski definition) is 4. The van der Waals surface area contributed by atoms with E-state index >= 15 is 0 Å². The minimum absolute atomic E-state index is 0.525. The molecule has 0 unspecified atom stereocenters. The van der Waals surface area contributed by atoms with Gasteiger partial charge in [0.15, 0.2) is 0 Å². The Bertz CT molecular complexity index is 361. The molecule has 2 rings (SSSR count). The summed E-state index contributed by atoms with van der Waals surface area (Å²) in [7, 11) is 0. The molecule has 1 aromatic rings. The van der Waals surface area contributed by atoms with E-state index in [0.717, 1.165) is 49.6 Å². The predicted molar refractivity (Wildman–Crippen MR) is 71.6 cm³/mol. The highest BCUT2D eigenvalue weighted by atomic mass is 32.1. The molecule has 0 radical (unpaired) electrons. The first-order chi connectivity index (χ1) is 8.02. The average molecular weight is 254 g/mol. The molecule has 1 aliphatic rings. The fourth-order valence-corrected chi connectivity index (χ4v) is 3.43. The zero-order valence-corrected chi connectivity index (χ0v) is 11.8. The first kappa shape index (κ1) is 13.0. The standard InChI is InChI=1S/C13H22N2OS/c1-4-15-7-5-13(16,6-8-15)9-12-14-10(2)11(3)17-12/h16H,4-9H2,1-3H3. The minimum atomic E-state index is -0.525. The second-order valence-electron chi connectivity index (χ2n) is 5.08. The molecule has 1 aliphatic heterocycles. The summed E-state index contributed by atoms with van der Waals surface area (Å²) in [6.07, 6.45) is 2.47. The Balaban J connectivity index is 1.98. The van der Waals surface area contributed by atoms with E-state index < -0.39 is 5.60 Å². The molecule has 0 aromatic carbocycles. The van der Waals surface area contributed by atoms with Gasteiger partial charge in [-0.2, -0.15) is 0 Å². The summed E-state index contributed by atoms with van der Waals surface area (Å²) in [6, 6.07) is 0. The lowest BCUT2D eigenvalue weighted by molar-refractivity contribution is -0.0194. The second-order valence-corrected chi connectivity index (χ2v) is 6.37. The molecular weight excluding hydrogens is 232 g/mol. The van der Waals surface area contributed by atoms with Crippen LogP contribution in [-0.4, -0.2) is 40.2 Å². The fourth-order valence-electron chi connectivity index (χ4n) is 2.36. The van der Waals surface area contributed by atoms with Crippen LogP contribution in [0.1, 0.15) is 35.3 Å². The highest BCUT2D eigenvalue weighted by Crippen LogP contribution is 2.28. The van der Waals surface area contributed by atoms with Crippen LogP contribution in [0.2, 0.25) is 0 Å². The van der Waals surface area contributed by atoms with Crippen LogP contribution in [0, 0.1) is 13.8 Å². The van der Waals surface area contributed by atoms with E-state index in [4.69, 9.17) is 0 Å². The van der Waals surface area contributed by atoms with Gasteiger partial charge >= 0.3 is 0 Å². The molecule has 0 saturated carbocycles. The van der Waals surface area contributed by atoms with E-state index in [-0.39, 0.29) is 0 Å². The molecule has 17 heavy (non-hydrogen) atoms. The topological polar surface area (TPSA) is 36.4 Å². The number of hydrogen-bond donors (Lipinski definition) is 1. The van der Waals surface area contributed by atoms with Gasteiger partial charge in [-0.3, -0.25) is 0 Å². The van der Waals surface area contributed by atoms with Crippen molar-refractivity contribution in [3.05, 3.63) is 15.6 Å². The molecule has 2 heterocycles. The van der Waals surface area contributed by atoms with Gasteiger partial charge in [-0.1, -0.05) is 6.92 Å². The van der Waals surface area contributed by atoms with E-state index in [2.05, 4.69) is 23.7 Å². The first-order valence-corrected chi connectivity index (χ1v) is 7.22. The smallest absolute Gasteiger partial charge is 0.0959 e. The molecule has 4 heteroatoms. The highest BCUT2D eigenvalue weighted by Gasteiger charge is 2.32. The Hall–Kier alpha value is -0.450. The molecule has 0 atom stereocenters. The number of thiazole rings is 1. The lowest BCUT2D eigenvalue weighted by Gasteiger charge is -2.37. The lowest BCUT2D eigenvalue weighted by Crippen LogP contribution is -2.45. The third-order valence-electron chi connectivity index (χ3n) is 3.79. The Labute approximate surface area is 107 Å². The van der Waals surface area contributed by atoms with E-state index in [1.165, 1.54) is 4.88 Å². The Morgan fingerprint density at radius 1 is 1.35 bits per heavy atom. The Morgan fingerprint density at radius 2 is 2.00 bits per heavy atom. The third-order valence-corrected chi connectivity index (χ3v) is 4.86. The molecule has 0 spiro atoms. The number of rotatable bonds is 3. The first-order valence-electron chi connectivity index (χ1n) is 6.40. The molecule has 96 valence electrons. The molecule has 1 N–H and O–H groups in total. The molecule has 0 aliphatic carbocycles. The summed E-state index contributed by atoms with van der Waals surface area (Å²) in [5.41, 5.74) is 0.585. The average Bonchev–Trinajstić information content (AvgIpc) is 2.58. The summed E-state index contributed by atoms with van der Waals surface area (Å²) in [5.74, 6) is 0. The van der Waals surface area contributed by atoms with Crippen LogP contribution < -0.4 is 0 Å². The van der Waals surface area contributed by atoms with Crippen LogP contribution in [0.3, 0.4) is 0 Å². The normalized spacial score (nSPS) is 20.7. The quantitative estimate of drug-likeness (QED) is 0.898. The molecule has 1 saturated heterocycles. The van der Waals surface area contributed by atoms with Gasteiger partial charge in [-0.25, -0.2) is 4.98 Å². The second kappa shape index (κ2) is 5.04. The summed E-state index contributed by atoms with van der Waals surface area (Å²) in [4.78, 5) is 8.20. The number of likely N-dealkylation sites (tertiary alicyclic amines) is 1. The van der Waals surface area contributed by atoms with E-state index in [9.17, 15) is 5.11 Å². The number of aryl methyl sites for hydroxylation is 2. The van der Waals surface area contributed by atoms with Gasteiger partial charge in [0.1, 0.15) is 0 Å². The van der Waals surface area contributed by atoms with Crippen molar-refractivity contribution in [3.8, 4) is 0 Å². The van der Waals surface area contributed by atoms with Crippen LogP contribution in [-0.2, 0) is 6.42 Å². The zero-order chi connectivity index (χ0) is 12.5. The maximum atomic E-state index is 10.6. The third kappa shape index (κ3) is 3.06. The van der Waals surface area contributed by atoms with E-state index in [1.807, 2.05) is 6.92 Å². The predicted octanol–water partition coefficient (Wildman–Crippen LogP) is 2.15. The van der Waals surface area contributed by atoms with Crippen LogP contribution in [0.25, 0.3) is 0 Å². The van der Waals surface area contributed by atoms with Crippen molar-refractivity contribution in [1.29, 1.82) is 0 Å². The summed E-state index contributed by atoms with van der Waals surface area (Å²) >= 11 is 1.73. The molecule has 1 aromatic heterocycles. The summed E-state index contributed by atoms with van der Waals surface area (Å²) in [6.45, 7) is 9.43. The number of aromatic nitrogens is 1. The van der Waals surface area contributed by atoms with Crippen molar-refractivity contribution in [2.24, 2.45) is 0 Å². The van der Waals surface area contributed by atoms with Crippen LogP contribution in [0.15, 0.2) is 0 Å². The highest BCUT2D eigenvalue weighted by molar-refractivity contribution is 7.11. The molecular formula is C13H22N2OS. The number of piperidine rings is 1. The molecule has 0 bridgehead atoms. The van der Waals surface area contributed by atoms with Crippen LogP contribution in [0.4, 0.5) is 0 Å². The maximum Gasteiger partial charge on any atom is 0.0959 e. The zero-order valence-electron chi connectivity index (χ0n) is 11.0. The van der Waals surface area contributed by atoms with Crippen molar-refractivity contribution >= 4 is 11.3 Å². The van der Waals surface area contributed by atoms with Gasteiger partial charge < -0.3 is 10.0 Å².